The number of rotatable bonds is 5. The van der Waals surface area contributed by atoms with Gasteiger partial charge in [-0.05, 0) is 67.1 Å². The van der Waals surface area contributed by atoms with Gasteiger partial charge in [0.05, 0.1) is 17.5 Å². The molecule has 2 aromatic carbocycles. The molecule has 2 aliphatic heterocycles. The van der Waals surface area contributed by atoms with Crippen LogP contribution in [-0.4, -0.2) is 37.5 Å². The van der Waals surface area contributed by atoms with Crippen molar-refractivity contribution in [1.82, 2.24) is 5.43 Å². The zero-order valence-corrected chi connectivity index (χ0v) is 20.3. The molecule has 0 radical (unpaired) electrons. The van der Waals surface area contributed by atoms with E-state index in [1.54, 1.807) is 12.1 Å². The van der Waals surface area contributed by atoms with Gasteiger partial charge in [-0.1, -0.05) is 25.1 Å². The van der Waals surface area contributed by atoms with E-state index < -0.39 is 17.6 Å². The average Bonchev–Trinajstić information content (AvgIpc) is 3.24. The molecule has 0 aromatic heterocycles. The summed E-state index contributed by atoms with van der Waals surface area (Å²) in [5.74, 6) is -0.0944. The van der Waals surface area contributed by atoms with Crippen LogP contribution in [0.25, 0.3) is 0 Å². The number of hydrazone groups is 1. The maximum atomic E-state index is 15.3. The Labute approximate surface area is 208 Å². The topological polar surface area (TPSA) is 56.9 Å². The van der Waals surface area contributed by atoms with E-state index in [1.807, 2.05) is 11.0 Å². The van der Waals surface area contributed by atoms with E-state index in [0.29, 0.717) is 48.7 Å². The third kappa shape index (κ3) is 5.86. The largest absolute Gasteiger partial charge is 0.416 e. The van der Waals surface area contributed by atoms with Crippen LogP contribution < -0.4 is 21.0 Å². The predicted octanol–water partition coefficient (Wildman–Crippen LogP) is 5.24. The fourth-order valence-electron chi connectivity index (χ4n) is 5.05. The summed E-state index contributed by atoms with van der Waals surface area (Å²) in [6.45, 7) is 4.83. The van der Waals surface area contributed by atoms with Gasteiger partial charge in [0, 0.05) is 37.4 Å². The summed E-state index contributed by atoms with van der Waals surface area (Å²) in [6, 6.07) is 9.04. The van der Waals surface area contributed by atoms with Gasteiger partial charge >= 0.3 is 6.18 Å². The molecule has 0 aliphatic carbocycles. The molecule has 188 valence electrons. The second kappa shape index (κ2) is 10.4. The fourth-order valence-corrected chi connectivity index (χ4v) is 5.10. The molecule has 2 aliphatic rings. The molecule has 0 amide bonds. The number of nitrogens with zero attached hydrogens (tertiary/aromatic N) is 3. The Morgan fingerprint density at radius 3 is 2.40 bits per heavy atom. The zero-order chi connectivity index (χ0) is 25.2. The molecular weight excluding hydrogens is 478 g/mol. The molecule has 2 aromatic rings. The summed E-state index contributed by atoms with van der Waals surface area (Å²) >= 11 is 4.77. The first kappa shape index (κ1) is 25.2. The van der Waals surface area contributed by atoms with Crippen LogP contribution in [0.5, 0.6) is 0 Å². The number of hydrogen-bond acceptors (Lipinski definition) is 4. The van der Waals surface area contributed by atoms with E-state index in [1.165, 1.54) is 18.3 Å². The first-order valence-electron chi connectivity index (χ1n) is 11.7. The van der Waals surface area contributed by atoms with Crippen molar-refractivity contribution < 1.29 is 17.6 Å². The molecule has 2 saturated heterocycles. The highest BCUT2D eigenvalue weighted by Crippen LogP contribution is 2.40. The van der Waals surface area contributed by atoms with E-state index in [2.05, 4.69) is 22.4 Å². The SMILES string of the molecule is C[C@@H]1CCN(c2cc(N3CCC(c4ccccc4C(F)(F)F)CC3)c(F)cc2/C=N/NC(N)=S)C1. The molecule has 10 heteroatoms. The van der Waals surface area contributed by atoms with Gasteiger partial charge in [-0.2, -0.15) is 18.3 Å². The number of alkyl halides is 3. The van der Waals surface area contributed by atoms with Crippen molar-refractivity contribution in [3.63, 3.8) is 0 Å². The lowest BCUT2D eigenvalue weighted by atomic mass is 9.86. The number of thiocarbonyl (C=S) groups is 1. The number of halogens is 4. The van der Waals surface area contributed by atoms with Crippen molar-refractivity contribution in [2.24, 2.45) is 16.8 Å². The number of nitrogens with two attached hydrogens (primary N) is 1. The first-order valence-corrected chi connectivity index (χ1v) is 12.1. The van der Waals surface area contributed by atoms with E-state index in [9.17, 15) is 13.2 Å². The third-order valence-electron chi connectivity index (χ3n) is 6.78. The lowest BCUT2D eigenvalue weighted by molar-refractivity contribution is -0.138. The standard InChI is InChI=1S/C25H29F4N5S/c1-16-6-9-34(15-16)22-13-23(21(26)12-18(22)14-31-32-24(30)35)33-10-7-17(8-11-33)19-4-2-3-5-20(19)25(27,28)29/h2-5,12-14,16-17H,6-11,15H2,1H3,(H3,30,32,35)/b31-14+/t16-/m1/s1. The van der Waals surface area contributed by atoms with Crippen LogP contribution in [-0.2, 0) is 6.18 Å². The van der Waals surface area contributed by atoms with Crippen LogP contribution in [0.2, 0.25) is 0 Å². The Morgan fingerprint density at radius 1 is 1.09 bits per heavy atom. The lowest BCUT2D eigenvalue weighted by Crippen LogP contribution is -2.34. The molecule has 0 bridgehead atoms. The molecule has 0 saturated carbocycles. The molecule has 2 fully saturated rings. The molecule has 5 nitrogen and oxygen atoms in total. The minimum atomic E-state index is -4.39. The highest BCUT2D eigenvalue weighted by atomic mass is 32.1. The van der Waals surface area contributed by atoms with Gasteiger partial charge in [-0.15, -0.1) is 0 Å². The van der Waals surface area contributed by atoms with Gasteiger partial charge in [-0.3, -0.25) is 5.43 Å². The van der Waals surface area contributed by atoms with Gasteiger partial charge in [0.1, 0.15) is 5.82 Å². The molecular formula is C25H29F4N5S. The molecule has 2 heterocycles. The van der Waals surface area contributed by atoms with Gasteiger partial charge in [-0.25, -0.2) is 4.39 Å². The van der Waals surface area contributed by atoms with E-state index in [4.69, 9.17) is 18.0 Å². The van der Waals surface area contributed by atoms with Gasteiger partial charge < -0.3 is 15.5 Å². The third-order valence-corrected chi connectivity index (χ3v) is 6.87. The summed E-state index contributed by atoms with van der Waals surface area (Å²) in [6.07, 6.45) is -0.808. The molecule has 35 heavy (non-hydrogen) atoms. The summed E-state index contributed by atoms with van der Waals surface area (Å²) in [5, 5.41) is 4.03. The van der Waals surface area contributed by atoms with Crippen LogP contribution in [0.1, 0.15) is 48.8 Å². The molecule has 0 spiro atoms. The minimum Gasteiger partial charge on any atom is -0.375 e. The fraction of sp³-hybridized carbons (Fsp3) is 0.440. The van der Waals surface area contributed by atoms with E-state index in [-0.39, 0.29) is 11.0 Å². The second-order valence-electron chi connectivity index (χ2n) is 9.28. The summed E-state index contributed by atoms with van der Waals surface area (Å²) < 4.78 is 55.7. The Morgan fingerprint density at radius 2 is 1.77 bits per heavy atom. The van der Waals surface area contributed by atoms with Crippen molar-refractivity contribution in [2.45, 2.75) is 38.3 Å². The molecule has 0 unspecified atom stereocenters. The number of nitrogens with one attached hydrogen (secondary N) is 1. The maximum absolute atomic E-state index is 15.3. The van der Waals surface area contributed by atoms with Crippen LogP contribution in [0.4, 0.5) is 28.9 Å². The van der Waals surface area contributed by atoms with Crippen LogP contribution >= 0.6 is 12.2 Å². The Bertz CT molecular complexity index is 1100. The van der Waals surface area contributed by atoms with E-state index in [0.717, 1.165) is 31.3 Å². The van der Waals surface area contributed by atoms with Crippen LogP contribution in [0, 0.1) is 11.7 Å². The lowest BCUT2D eigenvalue weighted by Gasteiger charge is -2.35. The van der Waals surface area contributed by atoms with Crippen molar-refractivity contribution in [2.75, 3.05) is 36.0 Å². The number of hydrogen-bond donors (Lipinski definition) is 2. The number of benzene rings is 2. The van der Waals surface area contributed by atoms with Crippen LogP contribution in [0.3, 0.4) is 0 Å². The Hall–Kier alpha value is -2.88. The van der Waals surface area contributed by atoms with Crippen molar-refractivity contribution in [1.29, 1.82) is 0 Å². The molecule has 4 rings (SSSR count). The second-order valence-corrected chi connectivity index (χ2v) is 9.72. The first-order chi connectivity index (χ1) is 16.6. The monoisotopic (exact) mass is 507 g/mol. The zero-order valence-electron chi connectivity index (χ0n) is 19.5. The highest BCUT2D eigenvalue weighted by Gasteiger charge is 2.36. The summed E-state index contributed by atoms with van der Waals surface area (Å²) in [7, 11) is 0. The normalized spacial score (nSPS) is 19.5. The Kier molecular flexibility index (Phi) is 7.49. The summed E-state index contributed by atoms with van der Waals surface area (Å²) in [4.78, 5) is 4.14. The van der Waals surface area contributed by atoms with Crippen molar-refractivity contribution in [3.05, 3.63) is 58.9 Å². The van der Waals surface area contributed by atoms with Gasteiger partial charge in [0.25, 0.3) is 0 Å². The van der Waals surface area contributed by atoms with E-state index >= 15 is 4.39 Å². The quantitative estimate of drug-likeness (QED) is 0.251. The summed E-state index contributed by atoms with van der Waals surface area (Å²) in [5.41, 5.74) is 9.60. The molecule has 3 N–H and O–H groups in total. The van der Waals surface area contributed by atoms with Gasteiger partial charge in [0.15, 0.2) is 5.11 Å². The van der Waals surface area contributed by atoms with Gasteiger partial charge in [0.2, 0.25) is 0 Å². The molecule has 1 atom stereocenters. The van der Waals surface area contributed by atoms with Crippen LogP contribution in [0.15, 0.2) is 41.5 Å². The minimum absolute atomic E-state index is 0.0182. The highest BCUT2D eigenvalue weighted by molar-refractivity contribution is 7.80. The average molecular weight is 508 g/mol. The predicted molar refractivity (Wildman–Crippen MR) is 136 cm³/mol. The van der Waals surface area contributed by atoms with Crippen molar-refractivity contribution in [3.8, 4) is 0 Å². The Balaban J connectivity index is 1.57. The smallest absolute Gasteiger partial charge is 0.375 e. The number of piperidine rings is 1. The number of anilines is 2. The van der Waals surface area contributed by atoms with Crippen molar-refractivity contribution >= 4 is 34.9 Å². The maximum Gasteiger partial charge on any atom is 0.416 e.